The van der Waals surface area contributed by atoms with Gasteiger partial charge in [0.15, 0.2) is 6.29 Å². The van der Waals surface area contributed by atoms with Crippen LogP contribution in [0.15, 0.2) is 30.3 Å². The van der Waals surface area contributed by atoms with Crippen molar-refractivity contribution >= 4 is 43.7 Å². The summed E-state index contributed by atoms with van der Waals surface area (Å²) in [5.74, 6) is -0.0532. The fourth-order valence-corrected chi connectivity index (χ4v) is 0.696. The first-order chi connectivity index (χ1) is 7.06. The first-order valence-corrected chi connectivity index (χ1v) is 4.67. The minimum atomic E-state index is -0.745. The maximum absolute atomic E-state index is 9.37. The monoisotopic (exact) mass is 254 g/mol. The van der Waals surface area contributed by atoms with Gasteiger partial charge in [-0.25, -0.2) is 0 Å². The topological polar surface area (TPSA) is 66.8 Å². The Morgan fingerprint density at radius 2 is 1.81 bits per heavy atom. The second-order valence-corrected chi connectivity index (χ2v) is 2.78. The minimum absolute atomic E-state index is 0. The number of para-hydroxylation sites is 1. The zero-order chi connectivity index (χ0) is 11.7. The van der Waals surface area contributed by atoms with Crippen LogP contribution in [0.25, 0.3) is 0 Å². The second kappa shape index (κ2) is 11.2. The molecule has 0 fully saturated rings. The molecule has 1 rings (SSSR count). The summed E-state index contributed by atoms with van der Waals surface area (Å²) in [4.78, 5) is 9.37. The standard InChI is InChI=1S/C8H10O2.C3H6O2.Ca.2H/c1-7(9)10-8-5-3-2-4-6-8;1-2-3(4)5;;;/h2-7,9H,1H3;2H2,1H3,(H,4,5);;;. The third kappa shape index (κ3) is 11.8. The first-order valence-electron chi connectivity index (χ1n) is 4.67. The van der Waals surface area contributed by atoms with Crippen LogP contribution in [0.3, 0.4) is 0 Å². The number of rotatable bonds is 3. The van der Waals surface area contributed by atoms with E-state index in [1.165, 1.54) is 0 Å². The molecule has 2 N–H and O–H groups in total. The Hall–Kier alpha value is -0.290. The average molecular weight is 254 g/mol. The quantitative estimate of drug-likeness (QED) is 0.623. The Bertz CT molecular complexity index is 275. The van der Waals surface area contributed by atoms with Crippen LogP contribution in [-0.2, 0) is 4.79 Å². The average Bonchev–Trinajstić information content (AvgIpc) is 2.19. The summed E-state index contributed by atoms with van der Waals surface area (Å²) in [7, 11) is 0. The van der Waals surface area contributed by atoms with Crippen LogP contribution in [0.4, 0.5) is 0 Å². The molecule has 0 heterocycles. The number of aliphatic carboxylic acids is 1. The summed E-state index contributed by atoms with van der Waals surface area (Å²) in [6, 6.07) is 9.21. The molecule has 16 heavy (non-hydrogen) atoms. The normalized spacial score (nSPS) is 10.2. The number of ether oxygens (including phenoxy) is 1. The van der Waals surface area contributed by atoms with Gasteiger partial charge in [0.05, 0.1) is 0 Å². The summed E-state index contributed by atoms with van der Waals surface area (Å²) in [6.07, 6.45) is -0.512. The van der Waals surface area contributed by atoms with E-state index in [9.17, 15) is 4.79 Å². The van der Waals surface area contributed by atoms with E-state index in [1.54, 1.807) is 26.0 Å². The first kappa shape index (κ1) is 18.1. The van der Waals surface area contributed by atoms with Crippen molar-refractivity contribution in [2.75, 3.05) is 0 Å². The summed E-state index contributed by atoms with van der Waals surface area (Å²) in [6.45, 7) is 3.18. The number of carboxylic acid groups (broad SMARTS) is 1. The Labute approximate surface area is 125 Å². The molecular formula is C11H18CaO4. The molecule has 0 saturated heterocycles. The second-order valence-electron chi connectivity index (χ2n) is 2.78. The molecule has 1 unspecified atom stereocenters. The van der Waals surface area contributed by atoms with Crippen molar-refractivity contribution in [3.05, 3.63) is 30.3 Å². The van der Waals surface area contributed by atoms with E-state index in [4.69, 9.17) is 14.9 Å². The van der Waals surface area contributed by atoms with Crippen LogP contribution in [0.5, 0.6) is 5.75 Å². The molecule has 0 aliphatic rings. The van der Waals surface area contributed by atoms with Crippen LogP contribution in [-0.4, -0.2) is 60.2 Å². The predicted octanol–water partition coefficient (Wildman–Crippen LogP) is 0.968. The van der Waals surface area contributed by atoms with Crippen LogP contribution in [0.1, 0.15) is 20.3 Å². The Balaban J connectivity index is 0. The summed E-state index contributed by atoms with van der Waals surface area (Å²) in [5.41, 5.74) is 0. The van der Waals surface area contributed by atoms with Crippen LogP contribution >= 0.6 is 0 Å². The van der Waals surface area contributed by atoms with Crippen molar-refractivity contribution in [1.82, 2.24) is 0 Å². The summed E-state index contributed by atoms with van der Waals surface area (Å²) in [5, 5.41) is 16.5. The van der Waals surface area contributed by atoms with E-state index in [1.807, 2.05) is 18.2 Å². The van der Waals surface area contributed by atoms with Gasteiger partial charge >= 0.3 is 43.7 Å². The van der Waals surface area contributed by atoms with Crippen LogP contribution < -0.4 is 4.74 Å². The molecular weight excluding hydrogens is 236 g/mol. The molecule has 0 saturated carbocycles. The molecule has 5 heteroatoms. The van der Waals surface area contributed by atoms with Gasteiger partial charge in [0.2, 0.25) is 0 Å². The van der Waals surface area contributed by atoms with E-state index < -0.39 is 12.3 Å². The SMILES string of the molecule is CC(O)Oc1ccccc1.CCC(=O)O.[CaH2]. The van der Waals surface area contributed by atoms with E-state index in [-0.39, 0.29) is 44.2 Å². The van der Waals surface area contributed by atoms with Crippen LogP contribution in [0, 0.1) is 0 Å². The van der Waals surface area contributed by atoms with Gasteiger partial charge in [0, 0.05) is 6.42 Å². The molecule has 4 nitrogen and oxygen atoms in total. The molecule has 88 valence electrons. The van der Waals surface area contributed by atoms with E-state index in [0.29, 0.717) is 5.75 Å². The molecule has 0 aromatic heterocycles. The van der Waals surface area contributed by atoms with Crippen molar-refractivity contribution in [2.45, 2.75) is 26.6 Å². The summed E-state index contributed by atoms with van der Waals surface area (Å²) >= 11 is 0. The number of carboxylic acids is 1. The molecule has 0 amide bonds. The number of hydrogen-bond acceptors (Lipinski definition) is 3. The van der Waals surface area contributed by atoms with Gasteiger partial charge in [-0.05, 0) is 19.1 Å². The van der Waals surface area contributed by atoms with Crippen molar-refractivity contribution < 1.29 is 19.7 Å². The molecule has 0 aliphatic heterocycles. The molecule has 1 aromatic rings. The van der Waals surface area contributed by atoms with E-state index in [2.05, 4.69) is 0 Å². The zero-order valence-electron chi connectivity index (χ0n) is 8.88. The Morgan fingerprint density at radius 3 is 2.12 bits per heavy atom. The van der Waals surface area contributed by atoms with Gasteiger partial charge in [-0.1, -0.05) is 25.1 Å². The summed E-state index contributed by atoms with van der Waals surface area (Å²) < 4.78 is 4.97. The van der Waals surface area contributed by atoms with Gasteiger partial charge in [0.25, 0.3) is 0 Å². The molecule has 1 atom stereocenters. The fraction of sp³-hybridized carbons (Fsp3) is 0.364. The van der Waals surface area contributed by atoms with Crippen molar-refractivity contribution in [3.8, 4) is 5.75 Å². The van der Waals surface area contributed by atoms with Gasteiger partial charge in [-0.15, -0.1) is 0 Å². The number of aliphatic hydroxyl groups is 1. The third-order valence-electron chi connectivity index (χ3n) is 1.35. The van der Waals surface area contributed by atoms with Crippen molar-refractivity contribution in [3.63, 3.8) is 0 Å². The Kier molecular flexibility index (Phi) is 12.7. The van der Waals surface area contributed by atoms with Gasteiger partial charge in [-0.3, -0.25) is 4.79 Å². The molecule has 0 aliphatic carbocycles. The molecule has 0 radical (unpaired) electrons. The van der Waals surface area contributed by atoms with E-state index >= 15 is 0 Å². The number of hydrogen-bond donors (Lipinski definition) is 2. The molecule has 0 bridgehead atoms. The zero-order valence-corrected chi connectivity index (χ0v) is 8.88. The van der Waals surface area contributed by atoms with Gasteiger partial charge < -0.3 is 14.9 Å². The van der Waals surface area contributed by atoms with Crippen molar-refractivity contribution in [1.29, 1.82) is 0 Å². The third-order valence-corrected chi connectivity index (χ3v) is 1.35. The van der Waals surface area contributed by atoms with Gasteiger partial charge in [0.1, 0.15) is 5.75 Å². The molecule has 0 spiro atoms. The van der Waals surface area contributed by atoms with Crippen LogP contribution in [0.2, 0.25) is 0 Å². The fourth-order valence-electron chi connectivity index (χ4n) is 0.696. The Morgan fingerprint density at radius 1 is 1.38 bits per heavy atom. The predicted molar refractivity (Wildman–Crippen MR) is 65.2 cm³/mol. The van der Waals surface area contributed by atoms with E-state index in [0.717, 1.165) is 0 Å². The number of aliphatic hydroxyl groups excluding tert-OH is 1. The van der Waals surface area contributed by atoms with Crippen molar-refractivity contribution in [2.24, 2.45) is 0 Å². The number of benzene rings is 1. The maximum atomic E-state index is 9.37. The molecule has 1 aromatic carbocycles. The van der Waals surface area contributed by atoms with Gasteiger partial charge in [-0.2, -0.15) is 0 Å². The number of carbonyl (C=O) groups is 1.